The van der Waals surface area contributed by atoms with Crippen LogP contribution in [0.25, 0.3) is 0 Å². The van der Waals surface area contributed by atoms with Crippen LogP contribution in [-0.2, 0) is 4.74 Å². The topological polar surface area (TPSA) is 41.6 Å². The molecule has 4 nitrogen and oxygen atoms in total. The van der Waals surface area contributed by atoms with Gasteiger partial charge in [0.25, 0.3) is 0 Å². The number of hydrogen-bond acceptors (Lipinski definition) is 3. The lowest BCUT2D eigenvalue weighted by Crippen LogP contribution is -2.44. The Morgan fingerprint density at radius 3 is 2.15 bits per heavy atom. The SMILES string of the molecule is CC(C)(C)OC(=O)N1CCC2(CC1)CC21CCNCC1. The highest BCUT2D eigenvalue weighted by atomic mass is 16.6. The fraction of sp³-hybridized carbons (Fsp3) is 0.938. The minimum absolute atomic E-state index is 0.132. The van der Waals surface area contributed by atoms with Crippen LogP contribution in [0.2, 0.25) is 0 Å². The van der Waals surface area contributed by atoms with E-state index in [-0.39, 0.29) is 11.7 Å². The third-order valence-electron chi connectivity index (χ3n) is 5.61. The van der Waals surface area contributed by atoms with E-state index in [4.69, 9.17) is 4.74 Å². The van der Waals surface area contributed by atoms with Crippen LogP contribution < -0.4 is 5.32 Å². The van der Waals surface area contributed by atoms with Gasteiger partial charge in [0.2, 0.25) is 0 Å². The normalized spacial score (nSPS) is 27.6. The Morgan fingerprint density at radius 1 is 1.05 bits per heavy atom. The number of carbonyl (C=O) groups is 1. The second-order valence-electron chi connectivity index (χ2n) is 7.95. The molecule has 1 amide bonds. The highest BCUT2D eigenvalue weighted by Crippen LogP contribution is 2.72. The highest BCUT2D eigenvalue weighted by molar-refractivity contribution is 5.68. The van der Waals surface area contributed by atoms with E-state index in [1.807, 2.05) is 25.7 Å². The number of nitrogens with one attached hydrogen (secondary N) is 1. The third-order valence-corrected chi connectivity index (χ3v) is 5.61. The molecule has 1 saturated carbocycles. The van der Waals surface area contributed by atoms with Crippen LogP contribution in [0, 0.1) is 10.8 Å². The lowest BCUT2D eigenvalue weighted by Gasteiger charge is -2.37. The number of piperidine rings is 2. The van der Waals surface area contributed by atoms with Crippen molar-refractivity contribution < 1.29 is 9.53 Å². The van der Waals surface area contributed by atoms with Crippen molar-refractivity contribution >= 4 is 6.09 Å². The first kappa shape index (κ1) is 14.2. The summed E-state index contributed by atoms with van der Waals surface area (Å²) >= 11 is 0. The Labute approximate surface area is 122 Å². The molecule has 2 saturated heterocycles. The predicted octanol–water partition coefficient (Wildman–Crippen LogP) is 2.78. The Hall–Kier alpha value is -0.770. The molecule has 4 heteroatoms. The largest absolute Gasteiger partial charge is 0.444 e. The molecule has 114 valence electrons. The van der Waals surface area contributed by atoms with Crippen LogP contribution in [-0.4, -0.2) is 42.8 Å². The summed E-state index contributed by atoms with van der Waals surface area (Å²) in [5.74, 6) is 0. The molecule has 2 heterocycles. The monoisotopic (exact) mass is 280 g/mol. The quantitative estimate of drug-likeness (QED) is 0.742. The molecule has 0 atom stereocenters. The summed E-state index contributed by atoms with van der Waals surface area (Å²) in [5.41, 5.74) is 0.772. The molecule has 3 rings (SSSR count). The number of amides is 1. The molecule has 20 heavy (non-hydrogen) atoms. The van der Waals surface area contributed by atoms with Gasteiger partial charge in [-0.25, -0.2) is 4.79 Å². The minimum atomic E-state index is -0.387. The van der Waals surface area contributed by atoms with Crippen molar-refractivity contribution in [3.05, 3.63) is 0 Å². The number of nitrogens with zero attached hydrogens (tertiary/aromatic N) is 1. The molecule has 0 aromatic heterocycles. The maximum atomic E-state index is 12.1. The molecule has 0 radical (unpaired) electrons. The van der Waals surface area contributed by atoms with E-state index in [1.54, 1.807) is 0 Å². The van der Waals surface area contributed by atoms with Gasteiger partial charge >= 0.3 is 6.09 Å². The maximum Gasteiger partial charge on any atom is 0.410 e. The molecule has 0 bridgehead atoms. The maximum absolute atomic E-state index is 12.1. The lowest BCUT2D eigenvalue weighted by molar-refractivity contribution is 0.0142. The summed E-state index contributed by atoms with van der Waals surface area (Å²) in [6, 6.07) is 0. The third kappa shape index (κ3) is 2.43. The number of rotatable bonds is 0. The minimum Gasteiger partial charge on any atom is -0.444 e. The molecule has 2 spiro atoms. The van der Waals surface area contributed by atoms with E-state index in [0.717, 1.165) is 13.1 Å². The predicted molar refractivity (Wildman–Crippen MR) is 78.6 cm³/mol. The number of likely N-dealkylation sites (tertiary alicyclic amines) is 1. The van der Waals surface area contributed by atoms with Crippen molar-refractivity contribution in [3.8, 4) is 0 Å². The summed E-state index contributed by atoms with van der Waals surface area (Å²) in [6.07, 6.45) is 6.27. The van der Waals surface area contributed by atoms with Crippen LogP contribution >= 0.6 is 0 Å². The van der Waals surface area contributed by atoms with Gasteiger partial charge in [-0.15, -0.1) is 0 Å². The fourth-order valence-corrected chi connectivity index (χ4v) is 4.37. The van der Waals surface area contributed by atoms with Crippen molar-refractivity contribution in [2.24, 2.45) is 10.8 Å². The van der Waals surface area contributed by atoms with Crippen molar-refractivity contribution in [1.29, 1.82) is 0 Å². The number of carbonyl (C=O) groups excluding carboxylic acids is 1. The van der Waals surface area contributed by atoms with E-state index >= 15 is 0 Å². The van der Waals surface area contributed by atoms with E-state index in [9.17, 15) is 4.79 Å². The zero-order valence-corrected chi connectivity index (χ0v) is 13.1. The van der Waals surface area contributed by atoms with Gasteiger partial charge < -0.3 is 15.0 Å². The van der Waals surface area contributed by atoms with Crippen LogP contribution in [0.1, 0.15) is 52.9 Å². The van der Waals surface area contributed by atoms with Crippen molar-refractivity contribution in [2.45, 2.75) is 58.5 Å². The zero-order chi connectivity index (χ0) is 14.4. The van der Waals surface area contributed by atoms with Gasteiger partial charge in [-0.2, -0.15) is 0 Å². The Bertz CT molecular complexity index is 386. The first-order valence-corrected chi connectivity index (χ1v) is 8.05. The molecule has 2 aliphatic heterocycles. The van der Waals surface area contributed by atoms with Gasteiger partial charge in [0, 0.05) is 13.1 Å². The number of fused-ring (bicyclic) bond motifs is 1. The van der Waals surface area contributed by atoms with Crippen molar-refractivity contribution in [2.75, 3.05) is 26.2 Å². The van der Waals surface area contributed by atoms with Gasteiger partial charge in [0.15, 0.2) is 0 Å². The lowest BCUT2D eigenvalue weighted by atomic mass is 9.79. The Morgan fingerprint density at radius 2 is 1.60 bits per heavy atom. The summed E-state index contributed by atoms with van der Waals surface area (Å²) in [4.78, 5) is 14.0. The molecule has 3 aliphatic rings. The van der Waals surface area contributed by atoms with E-state index in [0.29, 0.717) is 10.8 Å². The van der Waals surface area contributed by atoms with Gasteiger partial charge in [-0.3, -0.25) is 0 Å². The van der Waals surface area contributed by atoms with Gasteiger partial charge in [-0.05, 0) is 76.8 Å². The summed E-state index contributed by atoms with van der Waals surface area (Å²) in [7, 11) is 0. The van der Waals surface area contributed by atoms with E-state index in [1.165, 1.54) is 45.2 Å². The molecule has 1 N–H and O–H groups in total. The fourth-order valence-electron chi connectivity index (χ4n) is 4.37. The standard InChI is InChI=1S/C16H28N2O2/c1-14(2,3)20-13(19)18-10-6-16(7-11-18)12-15(16)4-8-17-9-5-15/h17H,4-12H2,1-3H3. The molecule has 0 aromatic rings. The second kappa shape index (κ2) is 4.62. The zero-order valence-electron chi connectivity index (χ0n) is 13.1. The van der Waals surface area contributed by atoms with Crippen molar-refractivity contribution in [3.63, 3.8) is 0 Å². The first-order valence-electron chi connectivity index (χ1n) is 8.05. The molecular formula is C16H28N2O2. The molecule has 3 fully saturated rings. The number of hydrogen-bond donors (Lipinski definition) is 1. The van der Waals surface area contributed by atoms with Crippen LogP contribution in [0.5, 0.6) is 0 Å². The second-order valence-corrected chi connectivity index (χ2v) is 7.95. The van der Waals surface area contributed by atoms with Crippen LogP contribution in [0.4, 0.5) is 4.79 Å². The molecule has 0 aromatic carbocycles. The van der Waals surface area contributed by atoms with Gasteiger partial charge in [0.05, 0.1) is 0 Å². The highest BCUT2D eigenvalue weighted by Gasteiger charge is 2.66. The smallest absolute Gasteiger partial charge is 0.410 e. The molecule has 0 unspecified atom stereocenters. The Kier molecular flexibility index (Phi) is 3.27. The van der Waals surface area contributed by atoms with Crippen LogP contribution in [0.3, 0.4) is 0 Å². The number of ether oxygens (including phenoxy) is 1. The van der Waals surface area contributed by atoms with Gasteiger partial charge in [-0.1, -0.05) is 0 Å². The molecule has 1 aliphatic carbocycles. The van der Waals surface area contributed by atoms with Crippen LogP contribution in [0.15, 0.2) is 0 Å². The van der Waals surface area contributed by atoms with Gasteiger partial charge in [0.1, 0.15) is 5.60 Å². The van der Waals surface area contributed by atoms with E-state index in [2.05, 4.69) is 5.32 Å². The summed E-state index contributed by atoms with van der Waals surface area (Å²) < 4.78 is 5.48. The summed E-state index contributed by atoms with van der Waals surface area (Å²) in [5, 5.41) is 3.47. The molecular weight excluding hydrogens is 252 g/mol. The average molecular weight is 280 g/mol. The first-order chi connectivity index (χ1) is 9.36. The average Bonchev–Trinajstić information content (AvgIpc) is 2.94. The Balaban J connectivity index is 1.54. The van der Waals surface area contributed by atoms with Crippen molar-refractivity contribution in [1.82, 2.24) is 10.2 Å². The summed E-state index contributed by atoms with van der Waals surface area (Å²) in [6.45, 7) is 9.91. The van der Waals surface area contributed by atoms with E-state index < -0.39 is 0 Å².